The number of hydrogen-bond donors (Lipinski definition) is 0. The van der Waals surface area contributed by atoms with Crippen molar-refractivity contribution in [1.82, 2.24) is 9.88 Å². The van der Waals surface area contributed by atoms with Crippen molar-refractivity contribution in [3.05, 3.63) is 68.9 Å². The first kappa shape index (κ1) is 15.2. The van der Waals surface area contributed by atoms with Crippen molar-refractivity contribution in [1.29, 1.82) is 0 Å². The van der Waals surface area contributed by atoms with E-state index >= 15 is 0 Å². The minimum absolute atomic E-state index is 0.00263. The van der Waals surface area contributed by atoms with Crippen LogP contribution in [0.4, 0.5) is 5.69 Å². The van der Waals surface area contributed by atoms with E-state index in [-0.39, 0.29) is 23.4 Å². The lowest BCUT2D eigenvalue weighted by molar-refractivity contribution is -0.384. The standard InChI is InChI=1S/C16H9N3O5S/c20-15-11-4-3-10(19(22)23)6-12(11)16(21)18(15)7-9-8-25-14(17-9)13-2-1-5-24-13/h1-6,8H,7H2. The summed E-state index contributed by atoms with van der Waals surface area (Å²) in [7, 11) is 0. The molecule has 3 aromatic rings. The average Bonchev–Trinajstić information content (AvgIpc) is 3.32. The van der Waals surface area contributed by atoms with E-state index in [4.69, 9.17) is 4.42 Å². The minimum Gasteiger partial charge on any atom is -0.462 e. The highest BCUT2D eigenvalue weighted by atomic mass is 32.1. The lowest BCUT2D eigenvalue weighted by Gasteiger charge is -2.11. The van der Waals surface area contributed by atoms with Gasteiger partial charge in [-0.25, -0.2) is 4.98 Å². The molecule has 0 N–H and O–H groups in total. The molecule has 4 rings (SSSR count). The van der Waals surface area contributed by atoms with Crippen molar-refractivity contribution in [2.75, 3.05) is 0 Å². The van der Waals surface area contributed by atoms with Crippen LogP contribution in [0.25, 0.3) is 10.8 Å². The van der Waals surface area contributed by atoms with Crippen LogP contribution in [0.15, 0.2) is 46.4 Å². The van der Waals surface area contributed by atoms with Gasteiger partial charge in [0, 0.05) is 17.5 Å². The third-order valence-corrected chi connectivity index (χ3v) is 4.67. The van der Waals surface area contributed by atoms with Crippen LogP contribution in [0, 0.1) is 10.1 Å². The molecule has 124 valence electrons. The van der Waals surface area contributed by atoms with Gasteiger partial charge in [0.15, 0.2) is 10.8 Å². The Morgan fingerprint density at radius 3 is 2.72 bits per heavy atom. The topological polar surface area (TPSA) is 107 Å². The van der Waals surface area contributed by atoms with Crippen LogP contribution in [-0.2, 0) is 6.54 Å². The fourth-order valence-electron chi connectivity index (χ4n) is 2.59. The molecule has 0 atom stereocenters. The Kier molecular flexibility index (Phi) is 3.43. The summed E-state index contributed by atoms with van der Waals surface area (Å²) in [6, 6.07) is 7.16. The number of benzene rings is 1. The van der Waals surface area contributed by atoms with Crippen LogP contribution in [0.2, 0.25) is 0 Å². The third-order valence-electron chi connectivity index (χ3n) is 3.77. The number of carbonyl (C=O) groups is 2. The van der Waals surface area contributed by atoms with Crippen LogP contribution >= 0.6 is 11.3 Å². The van der Waals surface area contributed by atoms with Gasteiger partial charge in [0.2, 0.25) is 0 Å². The third kappa shape index (κ3) is 2.50. The number of non-ortho nitro benzene ring substituents is 1. The van der Waals surface area contributed by atoms with Crippen molar-refractivity contribution in [2.45, 2.75) is 6.54 Å². The number of amides is 2. The smallest absolute Gasteiger partial charge is 0.270 e. The highest BCUT2D eigenvalue weighted by molar-refractivity contribution is 7.13. The Morgan fingerprint density at radius 1 is 1.20 bits per heavy atom. The van der Waals surface area contributed by atoms with Gasteiger partial charge in [0.1, 0.15) is 0 Å². The first-order valence-electron chi connectivity index (χ1n) is 7.17. The van der Waals surface area contributed by atoms with E-state index in [1.54, 1.807) is 17.5 Å². The minimum atomic E-state index is -0.600. The molecule has 0 fully saturated rings. The maximum atomic E-state index is 12.5. The summed E-state index contributed by atoms with van der Waals surface area (Å²) < 4.78 is 5.27. The second-order valence-corrected chi connectivity index (χ2v) is 6.16. The first-order chi connectivity index (χ1) is 12.0. The predicted molar refractivity (Wildman–Crippen MR) is 87.1 cm³/mol. The quantitative estimate of drug-likeness (QED) is 0.404. The van der Waals surface area contributed by atoms with E-state index in [1.807, 2.05) is 0 Å². The summed E-state index contributed by atoms with van der Waals surface area (Å²) in [5.41, 5.74) is 0.522. The van der Waals surface area contributed by atoms with Crippen LogP contribution in [0.3, 0.4) is 0 Å². The average molecular weight is 355 g/mol. The fourth-order valence-corrected chi connectivity index (χ4v) is 3.37. The molecule has 8 nitrogen and oxygen atoms in total. The van der Waals surface area contributed by atoms with Crippen LogP contribution < -0.4 is 0 Å². The van der Waals surface area contributed by atoms with Gasteiger partial charge in [-0.1, -0.05) is 0 Å². The lowest BCUT2D eigenvalue weighted by atomic mass is 10.1. The Labute approximate surface area is 144 Å². The van der Waals surface area contributed by atoms with E-state index in [1.165, 1.54) is 29.7 Å². The first-order valence-corrected chi connectivity index (χ1v) is 8.05. The zero-order valence-corrected chi connectivity index (χ0v) is 13.4. The maximum absolute atomic E-state index is 12.5. The fraction of sp³-hybridized carbons (Fsp3) is 0.0625. The molecular weight excluding hydrogens is 346 g/mol. The Morgan fingerprint density at radius 2 is 2.00 bits per heavy atom. The number of furan rings is 1. The second kappa shape index (κ2) is 5.64. The zero-order valence-electron chi connectivity index (χ0n) is 12.5. The number of carbonyl (C=O) groups excluding carboxylic acids is 2. The summed E-state index contributed by atoms with van der Waals surface area (Å²) in [6.07, 6.45) is 1.54. The van der Waals surface area contributed by atoms with Crippen molar-refractivity contribution in [2.24, 2.45) is 0 Å². The van der Waals surface area contributed by atoms with Gasteiger partial charge < -0.3 is 4.42 Å². The number of nitrogens with zero attached hydrogens (tertiary/aromatic N) is 3. The molecule has 1 aliphatic heterocycles. The van der Waals surface area contributed by atoms with E-state index in [9.17, 15) is 19.7 Å². The molecule has 25 heavy (non-hydrogen) atoms. The Bertz CT molecular complexity index is 1010. The van der Waals surface area contributed by atoms with E-state index < -0.39 is 16.7 Å². The number of nitro benzene ring substituents is 1. The molecule has 0 radical (unpaired) electrons. The van der Waals surface area contributed by atoms with Gasteiger partial charge in [-0.15, -0.1) is 11.3 Å². The molecule has 2 aromatic heterocycles. The largest absolute Gasteiger partial charge is 0.462 e. The molecular formula is C16H9N3O5S. The number of aromatic nitrogens is 1. The number of thiazole rings is 1. The number of imide groups is 1. The van der Waals surface area contributed by atoms with E-state index in [2.05, 4.69) is 4.98 Å². The molecule has 1 aromatic carbocycles. The van der Waals surface area contributed by atoms with Crippen molar-refractivity contribution < 1.29 is 18.9 Å². The predicted octanol–water partition coefficient (Wildman–Crippen LogP) is 3.11. The molecule has 0 bridgehead atoms. The monoisotopic (exact) mass is 355 g/mol. The molecule has 9 heteroatoms. The van der Waals surface area contributed by atoms with Crippen LogP contribution in [0.1, 0.15) is 26.4 Å². The summed E-state index contributed by atoms with van der Waals surface area (Å²) >= 11 is 1.34. The number of rotatable bonds is 4. The van der Waals surface area contributed by atoms with Crippen LogP contribution in [0.5, 0.6) is 0 Å². The van der Waals surface area contributed by atoms with Gasteiger partial charge in [-0.05, 0) is 18.2 Å². The summed E-state index contributed by atoms with van der Waals surface area (Å²) in [6.45, 7) is -0.00263. The summed E-state index contributed by atoms with van der Waals surface area (Å²) in [4.78, 5) is 40.5. The number of hydrogen-bond acceptors (Lipinski definition) is 7. The second-order valence-electron chi connectivity index (χ2n) is 5.30. The van der Waals surface area contributed by atoms with Gasteiger partial charge in [0.05, 0.1) is 34.6 Å². The maximum Gasteiger partial charge on any atom is 0.270 e. The van der Waals surface area contributed by atoms with Crippen molar-refractivity contribution in [3.63, 3.8) is 0 Å². The highest BCUT2D eigenvalue weighted by Gasteiger charge is 2.37. The zero-order chi connectivity index (χ0) is 17.6. The molecule has 0 aliphatic carbocycles. The number of fused-ring (bicyclic) bond motifs is 1. The lowest BCUT2D eigenvalue weighted by Crippen LogP contribution is -2.29. The summed E-state index contributed by atoms with van der Waals surface area (Å²) in [5.74, 6) is -0.437. The van der Waals surface area contributed by atoms with E-state index in [0.717, 1.165) is 11.0 Å². The molecule has 1 aliphatic rings. The SMILES string of the molecule is O=C1c2ccc([N+](=O)[O-])cc2C(=O)N1Cc1csc(-c2ccco2)n1. The van der Waals surface area contributed by atoms with Crippen LogP contribution in [-0.4, -0.2) is 26.6 Å². The normalized spacial score (nSPS) is 13.4. The van der Waals surface area contributed by atoms with Gasteiger partial charge in [0.25, 0.3) is 17.5 Å². The number of nitro groups is 1. The molecule has 0 unspecified atom stereocenters. The Balaban J connectivity index is 1.61. The van der Waals surface area contributed by atoms with E-state index in [0.29, 0.717) is 16.5 Å². The molecule has 3 heterocycles. The van der Waals surface area contributed by atoms with Crippen molar-refractivity contribution >= 4 is 28.8 Å². The Hall–Kier alpha value is -3.33. The molecule has 0 saturated heterocycles. The van der Waals surface area contributed by atoms with Gasteiger partial charge >= 0.3 is 0 Å². The molecule has 0 spiro atoms. The molecule has 0 saturated carbocycles. The molecule has 2 amide bonds. The van der Waals surface area contributed by atoms with Crippen molar-refractivity contribution in [3.8, 4) is 10.8 Å². The highest BCUT2D eigenvalue weighted by Crippen LogP contribution is 2.29. The summed E-state index contributed by atoms with van der Waals surface area (Å²) in [5, 5.41) is 13.2. The van der Waals surface area contributed by atoms with Gasteiger partial charge in [-0.3, -0.25) is 24.6 Å². The van der Waals surface area contributed by atoms with Gasteiger partial charge in [-0.2, -0.15) is 0 Å².